The summed E-state index contributed by atoms with van der Waals surface area (Å²) in [4.78, 5) is 50.3. The van der Waals surface area contributed by atoms with Crippen molar-refractivity contribution < 1.29 is 33.2 Å². The number of hydrogen-bond donors (Lipinski definition) is 5. The second kappa shape index (κ2) is 15.1. The largest absolute Gasteiger partial charge is 0.356 e. The lowest BCUT2D eigenvalue weighted by Crippen LogP contribution is -2.45. The Bertz CT molecular complexity index is 1230. The van der Waals surface area contributed by atoms with E-state index in [1.165, 1.54) is 29.2 Å². The second-order valence-electron chi connectivity index (χ2n) is 9.48. The molecule has 1 saturated heterocycles. The molecule has 2 aromatic carbocycles. The molecule has 13 heteroatoms. The third kappa shape index (κ3) is 9.16. The summed E-state index contributed by atoms with van der Waals surface area (Å²) in [5, 5.41) is 15.9. The van der Waals surface area contributed by atoms with Crippen molar-refractivity contribution in [2.24, 2.45) is 5.92 Å². The topological polar surface area (TPSA) is 140 Å². The summed E-state index contributed by atoms with van der Waals surface area (Å²) >= 11 is 5.62. The lowest BCUT2D eigenvalue weighted by molar-refractivity contribution is -0.129. The molecule has 3 rings (SSSR count). The number of halogens is 3. The van der Waals surface area contributed by atoms with Crippen LogP contribution in [-0.2, 0) is 9.59 Å². The quantitative estimate of drug-likeness (QED) is 0.149. The third-order valence-corrected chi connectivity index (χ3v) is 6.78. The van der Waals surface area contributed by atoms with E-state index in [0.29, 0.717) is 32.4 Å². The van der Waals surface area contributed by atoms with Gasteiger partial charge in [-0.25, -0.2) is 19.1 Å². The summed E-state index contributed by atoms with van der Waals surface area (Å²) in [7, 11) is 0. The maximum atomic E-state index is 14.7. The van der Waals surface area contributed by atoms with E-state index in [9.17, 15) is 28.0 Å². The van der Waals surface area contributed by atoms with Gasteiger partial charge in [0, 0.05) is 37.3 Å². The minimum Gasteiger partial charge on any atom is -0.356 e. The lowest BCUT2D eigenvalue weighted by Gasteiger charge is -2.32. The van der Waals surface area contributed by atoms with Crippen LogP contribution in [0.15, 0.2) is 36.4 Å². The van der Waals surface area contributed by atoms with Gasteiger partial charge in [0.1, 0.15) is 11.6 Å². The number of urea groups is 1. The first-order chi connectivity index (χ1) is 19.2. The summed E-state index contributed by atoms with van der Waals surface area (Å²) < 4.78 is 28.3. The molecule has 10 nitrogen and oxygen atoms in total. The van der Waals surface area contributed by atoms with E-state index >= 15 is 0 Å². The summed E-state index contributed by atoms with van der Waals surface area (Å²) in [5.41, 5.74) is 1.63. The number of anilines is 2. The van der Waals surface area contributed by atoms with Gasteiger partial charge in [-0.3, -0.25) is 19.6 Å². The molecule has 2 aromatic rings. The minimum atomic E-state index is -0.827. The number of amides is 5. The van der Waals surface area contributed by atoms with Gasteiger partial charge in [0.2, 0.25) is 11.8 Å². The molecule has 216 valence electrons. The van der Waals surface area contributed by atoms with Crippen LogP contribution < -0.4 is 21.4 Å². The Labute approximate surface area is 235 Å². The molecule has 0 aliphatic carbocycles. The monoisotopic (exact) mass is 579 g/mol. The average molecular weight is 580 g/mol. The number of rotatable bonds is 11. The highest BCUT2D eigenvalue weighted by atomic mass is 35.5. The molecule has 0 saturated carbocycles. The molecule has 1 aliphatic rings. The third-order valence-electron chi connectivity index (χ3n) is 6.48. The summed E-state index contributed by atoms with van der Waals surface area (Å²) in [6.45, 7) is 1.13. The van der Waals surface area contributed by atoms with Gasteiger partial charge in [0.05, 0.1) is 16.6 Å². The van der Waals surface area contributed by atoms with E-state index in [-0.39, 0.29) is 46.8 Å². The maximum Gasteiger partial charge on any atom is 0.323 e. The highest BCUT2D eigenvalue weighted by Crippen LogP contribution is 2.23. The van der Waals surface area contributed by atoms with Crippen molar-refractivity contribution in [3.8, 4) is 0 Å². The molecule has 1 heterocycles. The first-order valence-electron chi connectivity index (χ1n) is 13.0. The van der Waals surface area contributed by atoms with Crippen LogP contribution in [0.3, 0.4) is 0 Å². The van der Waals surface area contributed by atoms with Crippen molar-refractivity contribution in [2.45, 2.75) is 44.9 Å². The van der Waals surface area contributed by atoms with Crippen molar-refractivity contribution in [3.63, 3.8) is 0 Å². The number of nitrogens with zero attached hydrogens (tertiary/aromatic N) is 1. The number of hydroxylamine groups is 1. The molecule has 0 spiro atoms. The molecule has 40 heavy (non-hydrogen) atoms. The molecule has 0 aromatic heterocycles. The fourth-order valence-electron chi connectivity index (χ4n) is 4.34. The van der Waals surface area contributed by atoms with E-state index in [1.54, 1.807) is 5.48 Å². The van der Waals surface area contributed by atoms with Crippen LogP contribution in [0, 0.1) is 17.6 Å². The minimum absolute atomic E-state index is 0.0826. The van der Waals surface area contributed by atoms with Crippen molar-refractivity contribution in [2.75, 3.05) is 30.3 Å². The van der Waals surface area contributed by atoms with E-state index in [0.717, 1.165) is 31.4 Å². The van der Waals surface area contributed by atoms with Gasteiger partial charge in [-0.05, 0) is 62.1 Å². The molecule has 1 fully saturated rings. The number of carbonyl (C=O) groups excluding carboxylic acids is 4. The van der Waals surface area contributed by atoms with Crippen molar-refractivity contribution in [1.29, 1.82) is 0 Å². The van der Waals surface area contributed by atoms with Crippen LogP contribution in [0.1, 0.15) is 55.3 Å². The van der Waals surface area contributed by atoms with Crippen LogP contribution in [0.4, 0.5) is 25.0 Å². The Kier molecular flexibility index (Phi) is 11.6. The smallest absolute Gasteiger partial charge is 0.323 e. The van der Waals surface area contributed by atoms with Gasteiger partial charge in [-0.1, -0.05) is 24.4 Å². The molecule has 5 amide bonds. The van der Waals surface area contributed by atoms with Crippen molar-refractivity contribution >= 4 is 46.7 Å². The first-order valence-corrected chi connectivity index (χ1v) is 13.4. The number of likely N-dealkylation sites (tertiary alicyclic amines) is 1. The van der Waals surface area contributed by atoms with Crippen LogP contribution in [0.2, 0.25) is 5.02 Å². The SMILES string of the molecule is O=C(CCCCCCNC(=O)[C@H]1CCCN(C(=O)c2ccc(NC(=O)Nc3ccc(Cl)c(F)c3)c(F)c2)C1)NO. The Balaban J connectivity index is 1.46. The van der Waals surface area contributed by atoms with Gasteiger partial charge >= 0.3 is 6.03 Å². The Morgan fingerprint density at radius 2 is 1.75 bits per heavy atom. The second-order valence-corrected chi connectivity index (χ2v) is 9.89. The molecule has 0 radical (unpaired) electrons. The molecule has 0 unspecified atom stereocenters. The van der Waals surface area contributed by atoms with Crippen molar-refractivity contribution in [1.82, 2.24) is 15.7 Å². The standard InChI is InChI=1S/C27H32ClF2N5O5/c28-20-10-9-19(15-21(20)29)32-27(39)33-23-11-8-17(14-22(23)30)26(38)35-13-5-6-18(16-35)25(37)31-12-4-2-1-3-7-24(36)34-40/h8-11,14-15,18,40H,1-7,12-13,16H2,(H,31,37)(H,34,36)(H2,32,33,39)/t18-/m0/s1. The predicted octanol–water partition coefficient (Wildman–Crippen LogP) is 4.69. The summed E-state index contributed by atoms with van der Waals surface area (Å²) in [5.74, 6) is -2.91. The van der Waals surface area contributed by atoms with Crippen LogP contribution in [-0.4, -0.2) is 53.5 Å². The summed E-state index contributed by atoms with van der Waals surface area (Å²) in [6.07, 6.45) is 4.53. The number of unbranched alkanes of at least 4 members (excludes halogenated alkanes) is 3. The van der Waals surface area contributed by atoms with E-state index in [4.69, 9.17) is 16.8 Å². The normalized spacial score (nSPS) is 14.8. The highest BCUT2D eigenvalue weighted by molar-refractivity contribution is 6.30. The Hall–Kier alpha value is -3.77. The number of piperidine rings is 1. The van der Waals surface area contributed by atoms with Gasteiger partial charge in [-0.2, -0.15) is 0 Å². The molecular formula is C27H32ClF2N5O5. The Morgan fingerprint density at radius 1 is 0.975 bits per heavy atom. The average Bonchev–Trinajstić information content (AvgIpc) is 2.94. The first kappa shape index (κ1) is 30.8. The van der Waals surface area contributed by atoms with Crippen LogP contribution >= 0.6 is 11.6 Å². The molecular weight excluding hydrogens is 548 g/mol. The zero-order chi connectivity index (χ0) is 29.1. The zero-order valence-corrected chi connectivity index (χ0v) is 22.5. The number of hydrogen-bond acceptors (Lipinski definition) is 5. The van der Waals surface area contributed by atoms with Gasteiger partial charge in [0.25, 0.3) is 5.91 Å². The summed E-state index contributed by atoms with van der Waals surface area (Å²) in [6, 6.07) is 6.55. The van der Waals surface area contributed by atoms with Gasteiger partial charge in [-0.15, -0.1) is 0 Å². The number of benzene rings is 2. The fourth-order valence-corrected chi connectivity index (χ4v) is 4.46. The highest BCUT2D eigenvalue weighted by Gasteiger charge is 2.29. The van der Waals surface area contributed by atoms with Crippen molar-refractivity contribution in [3.05, 3.63) is 58.6 Å². The molecule has 0 bridgehead atoms. The van der Waals surface area contributed by atoms with Gasteiger partial charge in [0.15, 0.2) is 0 Å². The molecule has 5 N–H and O–H groups in total. The zero-order valence-electron chi connectivity index (χ0n) is 21.8. The van der Waals surface area contributed by atoms with Crippen LogP contribution in [0.25, 0.3) is 0 Å². The number of carbonyl (C=O) groups is 4. The van der Waals surface area contributed by atoms with Gasteiger partial charge < -0.3 is 20.9 Å². The number of nitrogens with one attached hydrogen (secondary N) is 4. The van der Waals surface area contributed by atoms with Crippen LogP contribution in [0.5, 0.6) is 0 Å². The fraction of sp³-hybridized carbons (Fsp3) is 0.407. The maximum absolute atomic E-state index is 14.7. The lowest BCUT2D eigenvalue weighted by atomic mass is 9.96. The molecule has 1 atom stereocenters. The van der Waals surface area contributed by atoms with E-state index in [2.05, 4.69) is 16.0 Å². The van der Waals surface area contributed by atoms with E-state index < -0.39 is 29.5 Å². The van der Waals surface area contributed by atoms with E-state index in [1.807, 2.05) is 0 Å². The molecule has 1 aliphatic heterocycles. The Morgan fingerprint density at radius 3 is 2.48 bits per heavy atom. The predicted molar refractivity (Wildman–Crippen MR) is 145 cm³/mol.